The molecule has 0 spiro atoms. The molecule has 1 atom stereocenters. The zero-order chi connectivity index (χ0) is 12.8. The number of nitrogens with zero attached hydrogens (tertiary/aromatic N) is 1. The monoisotopic (exact) mass is 268 g/mol. The van der Waals surface area contributed by atoms with E-state index < -0.39 is 0 Å². The molecule has 0 aromatic carbocycles. The van der Waals surface area contributed by atoms with E-state index in [-0.39, 0.29) is 0 Å². The SMILES string of the molecule is CC(C)CCCCCCNC1=NCC(C2CC2)S1. The zero-order valence-corrected chi connectivity index (χ0v) is 12.8. The van der Waals surface area contributed by atoms with Crippen molar-refractivity contribution in [3.8, 4) is 0 Å². The maximum Gasteiger partial charge on any atom is 0.156 e. The Morgan fingerprint density at radius 1 is 1.22 bits per heavy atom. The number of thioether (sulfide) groups is 1. The number of aliphatic imine (C=N–C) groups is 1. The topological polar surface area (TPSA) is 24.4 Å². The molecule has 0 saturated heterocycles. The lowest BCUT2D eigenvalue weighted by atomic mass is 10.0. The first-order chi connectivity index (χ1) is 8.75. The van der Waals surface area contributed by atoms with Gasteiger partial charge < -0.3 is 5.32 Å². The first kappa shape index (κ1) is 14.2. The summed E-state index contributed by atoms with van der Waals surface area (Å²) in [5, 5.41) is 5.53. The number of hydrogen-bond donors (Lipinski definition) is 1. The molecular weight excluding hydrogens is 240 g/mol. The van der Waals surface area contributed by atoms with Crippen LogP contribution in [0, 0.1) is 11.8 Å². The summed E-state index contributed by atoms with van der Waals surface area (Å²) in [6.45, 7) is 6.80. The van der Waals surface area contributed by atoms with Crippen LogP contribution in [0.15, 0.2) is 4.99 Å². The lowest BCUT2D eigenvalue weighted by Gasteiger charge is -2.08. The van der Waals surface area contributed by atoms with E-state index in [9.17, 15) is 0 Å². The van der Waals surface area contributed by atoms with Gasteiger partial charge in [0.15, 0.2) is 5.17 Å². The molecule has 1 aliphatic carbocycles. The molecule has 2 nitrogen and oxygen atoms in total. The van der Waals surface area contributed by atoms with Crippen LogP contribution in [0.2, 0.25) is 0 Å². The lowest BCUT2D eigenvalue weighted by molar-refractivity contribution is 0.519. The van der Waals surface area contributed by atoms with E-state index in [1.807, 2.05) is 11.8 Å². The molecule has 0 aromatic rings. The normalized spacial score (nSPS) is 23.5. The molecule has 0 bridgehead atoms. The highest BCUT2D eigenvalue weighted by molar-refractivity contribution is 8.14. The third-order valence-electron chi connectivity index (χ3n) is 3.81. The van der Waals surface area contributed by atoms with E-state index in [1.54, 1.807) is 0 Å². The van der Waals surface area contributed by atoms with Crippen LogP contribution in [-0.2, 0) is 0 Å². The molecule has 0 aromatic heterocycles. The molecule has 0 radical (unpaired) electrons. The van der Waals surface area contributed by atoms with E-state index in [2.05, 4.69) is 24.2 Å². The van der Waals surface area contributed by atoms with Crippen LogP contribution in [0.25, 0.3) is 0 Å². The summed E-state index contributed by atoms with van der Waals surface area (Å²) in [4.78, 5) is 4.60. The Bertz CT molecular complexity index is 272. The van der Waals surface area contributed by atoms with Gasteiger partial charge in [-0.3, -0.25) is 4.99 Å². The largest absolute Gasteiger partial charge is 0.365 e. The number of amidine groups is 1. The molecule has 3 heteroatoms. The molecule has 104 valence electrons. The highest BCUT2D eigenvalue weighted by Crippen LogP contribution is 2.41. The van der Waals surface area contributed by atoms with Gasteiger partial charge in [-0.2, -0.15) is 0 Å². The van der Waals surface area contributed by atoms with Crippen molar-refractivity contribution in [2.75, 3.05) is 13.1 Å². The highest BCUT2D eigenvalue weighted by Gasteiger charge is 2.35. The molecule has 1 unspecified atom stereocenters. The smallest absolute Gasteiger partial charge is 0.156 e. The Morgan fingerprint density at radius 2 is 2.00 bits per heavy atom. The molecule has 1 aliphatic heterocycles. The van der Waals surface area contributed by atoms with Crippen molar-refractivity contribution in [3.63, 3.8) is 0 Å². The van der Waals surface area contributed by atoms with Crippen molar-refractivity contribution in [2.45, 2.75) is 64.0 Å². The van der Waals surface area contributed by atoms with E-state index in [4.69, 9.17) is 0 Å². The molecule has 2 rings (SSSR count). The van der Waals surface area contributed by atoms with E-state index in [0.29, 0.717) is 0 Å². The summed E-state index contributed by atoms with van der Waals surface area (Å²) in [6.07, 6.45) is 9.72. The number of hydrogen-bond acceptors (Lipinski definition) is 3. The molecular formula is C15H28N2S. The van der Waals surface area contributed by atoms with Gasteiger partial charge in [0, 0.05) is 11.8 Å². The van der Waals surface area contributed by atoms with Crippen LogP contribution in [0.4, 0.5) is 0 Å². The predicted molar refractivity (Wildman–Crippen MR) is 82.3 cm³/mol. The van der Waals surface area contributed by atoms with Crippen molar-refractivity contribution >= 4 is 16.9 Å². The minimum atomic E-state index is 0.804. The summed E-state index contributed by atoms with van der Waals surface area (Å²) >= 11 is 1.99. The molecule has 18 heavy (non-hydrogen) atoms. The first-order valence-corrected chi connectivity index (χ1v) is 8.58. The average molecular weight is 268 g/mol. The van der Waals surface area contributed by atoms with Crippen molar-refractivity contribution in [1.29, 1.82) is 0 Å². The van der Waals surface area contributed by atoms with Gasteiger partial charge >= 0.3 is 0 Å². The van der Waals surface area contributed by atoms with Crippen molar-refractivity contribution in [3.05, 3.63) is 0 Å². The van der Waals surface area contributed by atoms with Gasteiger partial charge in [-0.25, -0.2) is 0 Å². The summed E-state index contributed by atoms with van der Waals surface area (Å²) in [6, 6.07) is 0. The fourth-order valence-electron chi connectivity index (χ4n) is 2.43. The van der Waals surface area contributed by atoms with Gasteiger partial charge in [0.2, 0.25) is 0 Å². The molecule has 1 saturated carbocycles. The van der Waals surface area contributed by atoms with Gasteiger partial charge in [0.1, 0.15) is 0 Å². The second-order valence-corrected chi connectivity index (χ2v) is 7.39. The van der Waals surface area contributed by atoms with Gasteiger partial charge in [-0.15, -0.1) is 0 Å². The fourth-order valence-corrected chi connectivity index (χ4v) is 3.66. The highest BCUT2D eigenvalue weighted by atomic mass is 32.2. The first-order valence-electron chi connectivity index (χ1n) is 7.70. The van der Waals surface area contributed by atoms with Gasteiger partial charge in [-0.1, -0.05) is 51.3 Å². The second-order valence-electron chi connectivity index (χ2n) is 6.16. The summed E-state index contributed by atoms with van der Waals surface area (Å²) in [7, 11) is 0. The van der Waals surface area contributed by atoms with E-state index in [0.717, 1.165) is 30.2 Å². The molecule has 1 N–H and O–H groups in total. The Labute approximate surface area is 116 Å². The average Bonchev–Trinajstić information content (AvgIpc) is 3.08. The van der Waals surface area contributed by atoms with Crippen LogP contribution >= 0.6 is 11.8 Å². The van der Waals surface area contributed by atoms with Crippen LogP contribution in [-0.4, -0.2) is 23.5 Å². The predicted octanol–water partition coefficient (Wildman–Crippen LogP) is 4.06. The van der Waals surface area contributed by atoms with Gasteiger partial charge in [0.05, 0.1) is 6.54 Å². The molecule has 1 heterocycles. The summed E-state index contributed by atoms with van der Waals surface area (Å²) in [5.74, 6) is 1.85. The fraction of sp³-hybridized carbons (Fsp3) is 0.933. The Balaban J connectivity index is 1.41. The third kappa shape index (κ3) is 5.21. The van der Waals surface area contributed by atoms with Crippen LogP contribution in [0.1, 0.15) is 58.8 Å². The third-order valence-corrected chi connectivity index (χ3v) is 5.14. The minimum absolute atomic E-state index is 0.804. The quantitative estimate of drug-likeness (QED) is 0.671. The van der Waals surface area contributed by atoms with Crippen molar-refractivity contribution in [2.24, 2.45) is 16.8 Å². The van der Waals surface area contributed by atoms with Crippen LogP contribution in [0.5, 0.6) is 0 Å². The minimum Gasteiger partial charge on any atom is -0.365 e. The van der Waals surface area contributed by atoms with Crippen molar-refractivity contribution < 1.29 is 0 Å². The Hall–Kier alpha value is -0.180. The molecule has 2 aliphatic rings. The number of unbranched alkanes of at least 4 members (excludes halogenated alkanes) is 3. The maximum atomic E-state index is 4.60. The van der Waals surface area contributed by atoms with Gasteiger partial charge in [0.25, 0.3) is 0 Å². The summed E-state index contributed by atoms with van der Waals surface area (Å²) < 4.78 is 0. The second kappa shape index (κ2) is 7.42. The lowest BCUT2D eigenvalue weighted by Crippen LogP contribution is -2.20. The Morgan fingerprint density at radius 3 is 2.72 bits per heavy atom. The van der Waals surface area contributed by atoms with Gasteiger partial charge in [-0.05, 0) is 31.1 Å². The van der Waals surface area contributed by atoms with Crippen molar-refractivity contribution in [1.82, 2.24) is 5.32 Å². The number of nitrogens with one attached hydrogen (secondary N) is 1. The molecule has 0 amide bonds. The zero-order valence-electron chi connectivity index (χ0n) is 12.0. The summed E-state index contributed by atoms with van der Waals surface area (Å²) in [5.41, 5.74) is 0. The van der Waals surface area contributed by atoms with Crippen LogP contribution < -0.4 is 5.32 Å². The van der Waals surface area contributed by atoms with E-state index >= 15 is 0 Å². The van der Waals surface area contributed by atoms with Crippen LogP contribution in [0.3, 0.4) is 0 Å². The number of rotatable bonds is 8. The standard InChI is InChI=1S/C15H28N2S/c1-12(2)7-5-3-4-6-10-16-15-17-11-14(18-15)13-8-9-13/h12-14H,3-11H2,1-2H3,(H,16,17). The maximum absolute atomic E-state index is 4.60. The Kier molecular flexibility index (Phi) is 5.87. The van der Waals surface area contributed by atoms with E-state index in [1.165, 1.54) is 50.1 Å². The molecule has 1 fully saturated rings.